The van der Waals surface area contributed by atoms with Crippen LogP contribution in [0.1, 0.15) is 14.7 Å². The fourth-order valence-electron chi connectivity index (χ4n) is 0.581. The van der Waals surface area contributed by atoms with Crippen LogP contribution >= 0.6 is 22.9 Å². The molecular weight excluding hydrogens is 184 g/mol. The number of halogens is 1. The number of nitrogens with one attached hydrogen (secondary N) is 1. The molecule has 0 saturated carbocycles. The second-order valence-corrected chi connectivity index (χ2v) is 3.23. The van der Waals surface area contributed by atoms with Gasteiger partial charge in [-0.25, -0.2) is 4.98 Å². The Kier molecular flexibility index (Phi) is 2.84. The molecule has 0 unspecified atom stereocenters. The minimum atomic E-state index is -0.161. The molecule has 1 N–H and O–H groups in total. The number of amides is 1. The molecule has 1 aromatic rings. The number of nitrogens with zero attached hydrogens (tertiary/aromatic N) is 1. The van der Waals surface area contributed by atoms with Crippen LogP contribution in [-0.2, 0) is 5.88 Å². The number of rotatable bonds is 2. The summed E-state index contributed by atoms with van der Waals surface area (Å²) in [5, 5.41) is 2.95. The number of carbonyl (C=O) groups is 1. The highest BCUT2D eigenvalue weighted by molar-refractivity contribution is 7.13. The van der Waals surface area contributed by atoms with Crippen LogP contribution in [0.2, 0.25) is 0 Å². The Balaban J connectivity index is 2.80. The van der Waals surface area contributed by atoms with Crippen molar-refractivity contribution in [3.8, 4) is 0 Å². The Morgan fingerprint density at radius 3 is 3.09 bits per heavy atom. The van der Waals surface area contributed by atoms with Gasteiger partial charge in [0.25, 0.3) is 5.91 Å². The third-order valence-corrected chi connectivity index (χ3v) is 2.55. The van der Waals surface area contributed by atoms with Crippen LogP contribution in [-0.4, -0.2) is 17.9 Å². The first kappa shape index (κ1) is 8.49. The highest BCUT2D eigenvalue weighted by Gasteiger charge is 2.07. The van der Waals surface area contributed by atoms with Gasteiger partial charge in [-0.05, 0) is 0 Å². The quantitative estimate of drug-likeness (QED) is 0.714. The predicted octanol–water partition coefficient (Wildman–Crippen LogP) is 1.24. The van der Waals surface area contributed by atoms with Gasteiger partial charge >= 0.3 is 0 Å². The van der Waals surface area contributed by atoms with Gasteiger partial charge in [0.05, 0.1) is 5.88 Å². The van der Waals surface area contributed by atoms with Crippen molar-refractivity contribution in [2.45, 2.75) is 5.88 Å². The van der Waals surface area contributed by atoms with E-state index in [4.69, 9.17) is 11.6 Å². The van der Waals surface area contributed by atoms with Crippen LogP contribution in [0, 0.1) is 0 Å². The fourth-order valence-corrected chi connectivity index (χ4v) is 1.52. The smallest absolute Gasteiger partial charge is 0.280 e. The van der Waals surface area contributed by atoms with Crippen molar-refractivity contribution in [1.82, 2.24) is 10.3 Å². The van der Waals surface area contributed by atoms with E-state index in [0.717, 1.165) is 4.88 Å². The third kappa shape index (κ3) is 1.91. The van der Waals surface area contributed by atoms with Crippen LogP contribution in [0.4, 0.5) is 0 Å². The Bertz CT molecular complexity index is 261. The Morgan fingerprint density at radius 1 is 1.91 bits per heavy atom. The van der Waals surface area contributed by atoms with Crippen LogP contribution in [0.3, 0.4) is 0 Å². The van der Waals surface area contributed by atoms with Crippen molar-refractivity contribution in [1.29, 1.82) is 0 Å². The molecule has 1 heterocycles. The molecule has 0 atom stereocenters. The zero-order chi connectivity index (χ0) is 8.27. The average Bonchev–Trinajstić information content (AvgIpc) is 2.50. The predicted molar refractivity (Wildman–Crippen MR) is 45.1 cm³/mol. The van der Waals surface area contributed by atoms with E-state index < -0.39 is 0 Å². The zero-order valence-corrected chi connectivity index (χ0v) is 7.50. The van der Waals surface area contributed by atoms with Gasteiger partial charge in [-0.2, -0.15) is 0 Å². The van der Waals surface area contributed by atoms with E-state index in [1.165, 1.54) is 11.3 Å². The van der Waals surface area contributed by atoms with E-state index in [9.17, 15) is 4.79 Å². The Morgan fingerprint density at radius 2 is 2.64 bits per heavy atom. The molecule has 0 aromatic carbocycles. The van der Waals surface area contributed by atoms with Crippen molar-refractivity contribution in [3.63, 3.8) is 0 Å². The molecule has 3 nitrogen and oxygen atoms in total. The summed E-state index contributed by atoms with van der Waals surface area (Å²) >= 11 is 6.84. The maximum atomic E-state index is 10.9. The average molecular weight is 191 g/mol. The van der Waals surface area contributed by atoms with Gasteiger partial charge in [0.2, 0.25) is 0 Å². The van der Waals surface area contributed by atoms with Gasteiger partial charge in [-0.1, -0.05) is 0 Å². The molecule has 0 bridgehead atoms. The largest absolute Gasteiger partial charge is 0.353 e. The van der Waals surface area contributed by atoms with E-state index in [-0.39, 0.29) is 5.91 Å². The highest BCUT2D eigenvalue weighted by atomic mass is 35.5. The van der Waals surface area contributed by atoms with Crippen LogP contribution in [0.5, 0.6) is 0 Å². The number of thiazole rings is 1. The van der Waals surface area contributed by atoms with Gasteiger partial charge in [0.1, 0.15) is 0 Å². The first-order chi connectivity index (χ1) is 5.27. The van der Waals surface area contributed by atoms with Crippen molar-refractivity contribution < 1.29 is 4.79 Å². The standard InChI is InChI=1S/C6H7ClN2OS/c1-8-5(10)6-9-3-4(2-7)11-6/h3H,2H2,1H3,(H,8,10). The molecule has 0 aliphatic rings. The van der Waals surface area contributed by atoms with Crippen LogP contribution in [0.15, 0.2) is 6.20 Å². The lowest BCUT2D eigenvalue weighted by molar-refractivity contribution is 0.0962. The molecule has 0 spiro atoms. The third-order valence-electron chi connectivity index (χ3n) is 1.11. The summed E-state index contributed by atoms with van der Waals surface area (Å²) in [6, 6.07) is 0. The SMILES string of the molecule is CNC(=O)c1ncc(CCl)s1. The molecular formula is C6H7ClN2OS. The summed E-state index contributed by atoms with van der Waals surface area (Å²) in [7, 11) is 1.57. The van der Waals surface area contributed by atoms with Gasteiger partial charge in [-0.3, -0.25) is 4.79 Å². The number of hydrogen-bond acceptors (Lipinski definition) is 3. The maximum absolute atomic E-state index is 10.9. The lowest BCUT2D eigenvalue weighted by Crippen LogP contribution is -2.17. The number of carbonyl (C=O) groups excluding carboxylic acids is 1. The molecule has 11 heavy (non-hydrogen) atoms. The van der Waals surface area contributed by atoms with Gasteiger partial charge in [0.15, 0.2) is 5.01 Å². The van der Waals surface area contributed by atoms with Crippen molar-refractivity contribution in [2.75, 3.05) is 7.05 Å². The van der Waals surface area contributed by atoms with Gasteiger partial charge in [0, 0.05) is 18.1 Å². The Hall–Kier alpha value is -0.610. The summed E-state index contributed by atoms with van der Waals surface area (Å²) in [5.41, 5.74) is 0. The first-order valence-corrected chi connectivity index (χ1v) is 4.35. The fraction of sp³-hybridized carbons (Fsp3) is 0.333. The number of aromatic nitrogens is 1. The van der Waals surface area contributed by atoms with Crippen molar-refractivity contribution in [2.24, 2.45) is 0 Å². The molecule has 1 rings (SSSR count). The highest BCUT2D eigenvalue weighted by Crippen LogP contribution is 2.14. The van der Waals surface area contributed by atoms with Gasteiger partial charge < -0.3 is 5.32 Å². The minimum Gasteiger partial charge on any atom is -0.353 e. The second kappa shape index (κ2) is 3.69. The molecule has 1 aromatic heterocycles. The van der Waals surface area contributed by atoms with E-state index in [2.05, 4.69) is 10.3 Å². The second-order valence-electron chi connectivity index (χ2n) is 1.84. The lowest BCUT2D eigenvalue weighted by atomic mass is 10.6. The summed E-state index contributed by atoms with van der Waals surface area (Å²) in [6.45, 7) is 0. The van der Waals surface area contributed by atoms with Gasteiger partial charge in [-0.15, -0.1) is 22.9 Å². The molecule has 1 amide bonds. The molecule has 60 valence electrons. The van der Waals surface area contributed by atoms with E-state index in [1.807, 2.05) is 0 Å². The van der Waals surface area contributed by atoms with E-state index >= 15 is 0 Å². The van der Waals surface area contributed by atoms with Crippen LogP contribution in [0.25, 0.3) is 0 Å². The molecule has 0 aliphatic heterocycles. The van der Waals surface area contributed by atoms with E-state index in [0.29, 0.717) is 10.9 Å². The molecule has 0 saturated heterocycles. The monoisotopic (exact) mass is 190 g/mol. The van der Waals surface area contributed by atoms with Crippen LogP contribution < -0.4 is 5.32 Å². The number of hydrogen-bond donors (Lipinski definition) is 1. The topological polar surface area (TPSA) is 42.0 Å². The Labute approximate surface area is 73.4 Å². The summed E-state index contributed by atoms with van der Waals surface area (Å²) in [4.78, 5) is 15.7. The summed E-state index contributed by atoms with van der Waals surface area (Å²) < 4.78 is 0. The minimum absolute atomic E-state index is 0.161. The molecule has 0 fully saturated rings. The molecule has 0 radical (unpaired) electrons. The zero-order valence-electron chi connectivity index (χ0n) is 5.93. The number of alkyl halides is 1. The maximum Gasteiger partial charge on any atom is 0.280 e. The summed E-state index contributed by atoms with van der Waals surface area (Å²) in [5.74, 6) is 0.251. The molecule has 5 heteroatoms. The normalized spacial score (nSPS) is 9.64. The van der Waals surface area contributed by atoms with E-state index in [1.54, 1.807) is 13.2 Å². The summed E-state index contributed by atoms with van der Waals surface area (Å²) in [6.07, 6.45) is 1.61. The lowest BCUT2D eigenvalue weighted by Gasteiger charge is -1.89. The van der Waals surface area contributed by atoms with Crippen molar-refractivity contribution in [3.05, 3.63) is 16.1 Å². The first-order valence-electron chi connectivity index (χ1n) is 3.00. The van der Waals surface area contributed by atoms with Crippen molar-refractivity contribution >= 4 is 28.8 Å². The molecule has 0 aliphatic carbocycles.